The number of imide groups is 1. The number of nitrogens with zero attached hydrogens (tertiary/aromatic N) is 1. The molecule has 1 rings (SSSR count). The zero-order chi connectivity index (χ0) is 9.30. The van der Waals surface area contributed by atoms with Crippen molar-refractivity contribution in [1.82, 2.24) is 10.2 Å². The first-order chi connectivity index (χ1) is 5.54. The molecule has 0 radical (unpaired) electrons. The lowest BCUT2D eigenvalue weighted by Crippen LogP contribution is -2.41. The minimum Gasteiger partial charge on any atom is -0.329 e. The Labute approximate surface area is 71.9 Å². The quantitative estimate of drug-likeness (QED) is 0.616. The van der Waals surface area contributed by atoms with E-state index in [1.54, 1.807) is 0 Å². The predicted octanol–water partition coefficient (Wildman–Crippen LogP) is 0.583. The lowest BCUT2D eigenvalue weighted by molar-refractivity contribution is -0.126. The van der Waals surface area contributed by atoms with Crippen molar-refractivity contribution in [1.29, 1.82) is 0 Å². The van der Waals surface area contributed by atoms with Gasteiger partial charge in [0.25, 0.3) is 0 Å². The van der Waals surface area contributed by atoms with E-state index in [0.29, 0.717) is 5.92 Å². The van der Waals surface area contributed by atoms with E-state index in [0.717, 1.165) is 0 Å². The summed E-state index contributed by atoms with van der Waals surface area (Å²) in [5.41, 5.74) is 0. The van der Waals surface area contributed by atoms with E-state index in [-0.39, 0.29) is 24.5 Å². The van der Waals surface area contributed by atoms with E-state index < -0.39 is 0 Å². The van der Waals surface area contributed by atoms with E-state index in [4.69, 9.17) is 0 Å². The Balaban J connectivity index is 2.72. The maximum absolute atomic E-state index is 11.2. The van der Waals surface area contributed by atoms with Crippen LogP contribution in [0, 0.1) is 5.92 Å². The highest BCUT2D eigenvalue weighted by molar-refractivity contribution is 6.02. The molecule has 3 amide bonds. The highest BCUT2D eigenvalue weighted by Crippen LogP contribution is 2.13. The summed E-state index contributed by atoms with van der Waals surface area (Å²) in [6.45, 7) is 6.01. The molecule has 1 saturated heterocycles. The molecule has 1 heterocycles. The average molecular weight is 170 g/mol. The van der Waals surface area contributed by atoms with Crippen LogP contribution in [0.15, 0.2) is 0 Å². The van der Waals surface area contributed by atoms with Gasteiger partial charge in [-0.15, -0.1) is 0 Å². The van der Waals surface area contributed by atoms with Gasteiger partial charge in [-0.05, 0) is 12.8 Å². The van der Waals surface area contributed by atoms with Crippen molar-refractivity contribution in [2.75, 3.05) is 6.54 Å². The van der Waals surface area contributed by atoms with Crippen molar-refractivity contribution in [3.63, 3.8) is 0 Å². The van der Waals surface area contributed by atoms with Gasteiger partial charge in [0.2, 0.25) is 5.91 Å². The Bertz CT molecular complexity index is 197. The zero-order valence-electron chi connectivity index (χ0n) is 7.63. The summed E-state index contributed by atoms with van der Waals surface area (Å²) in [7, 11) is 0. The smallest absolute Gasteiger partial charge is 0.324 e. The van der Waals surface area contributed by atoms with E-state index in [9.17, 15) is 9.59 Å². The summed E-state index contributed by atoms with van der Waals surface area (Å²) < 4.78 is 0. The molecule has 1 aliphatic heterocycles. The molecule has 1 N–H and O–H groups in total. The van der Waals surface area contributed by atoms with Crippen LogP contribution in [-0.2, 0) is 4.79 Å². The van der Waals surface area contributed by atoms with Crippen LogP contribution in [0.2, 0.25) is 0 Å². The summed E-state index contributed by atoms with van der Waals surface area (Å²) >= 11 is 0. The lowest BCUT2D eigenvalue weighted by atomic mass is 10.1. The van der Waals surface area contributed by atoms with Gasteiger partial charge in [0.05, 0.1) is 6.54 Å². The molecule has 0 bridgehead atoms. The van der Waals surface area contributed by atoms with Crippen LogP contribution in [0.4, 0.5) is 4.79 Å². The number of hydrogen-bond acceptors (Lipinski definition) is 2. The van der Waals surface area contributed by atoms with Crippen LogP contribution >= 0.6 is 0 Å². The van der Waals surface area contributed by atoms with Crippen molar-refractivity contribution < 1.29 is 9.59 Å². The topological polar surface area (TPSA) is 49.4 Å². The molecule has 1 unspecified atom stereocenters. The van der Waals surface area contributed by atoms with Crippen LogP contribution < -0.4 is 5.32 Å². The van der Waals surface area contributed by atoms with Crippen molar-refractivity contribution in [3.05, 3.63) is 0 Å². The van der Waals surface area contributed by atoms with Gasteiger partial charge < -0.3 is 5.32 Å². The first-order valence-electron chi connectivity index (χ1n) is 4.14. The van der Waals surface area contributed by atoms with Gasteiger partial charge >= 0.3 is 6.03 Å². The second kappa shape index (κ2) is 3.13. The van der Waals surface area contributed by atoms with E-state index in [2.05, 4.69) is 5.32 Å². The zero-order valence-corrected chi connectivity index (χ0v) is 7.63. The highest BCUT2D eigenvalue weighted by Gasteiger charge is 2.33. The number of urea groups is 1. The SMILES string of the molecule is CC(C)C(C)N1C(=O)CNC1=O. The van der Waals surface area contributed by atoms with Crippen molar-refractivity contribution in [2.45, 2.75) is 26.8 Å². The van der Waals surface area contributed by atoms with Crippen LogP contribution in [0.5, 0.6) is 0 Å². The fraction of sp³-hybridized carbons (Fsp3) is 0.750. The van der Waals surface area contributed by atoms with Crippen LogP contribution in [-0.4, -0.2) is 29.4 Å². The highest BCUT2D eigenvalue weighted by atomic mass is 16.2. The third kappa shape index (κ3) is 1.42. The summed E-state index contributed by atoms with van der Waals surface area (Å²) in [6.07, 6.45) is 0. The molecular weight excluding hydrogens is 156 g/mol. The van der Waals surface area contributed by atoms with Gasteiger partial charge in [0, 0.05) is 6.04 Å². The maximum Gasteiger partial charge on any atom is 0.324 e. The molecule has 1 atom stereocenters. The molecule has 0 aromatic carbocycles. The van der Waals surface area contributed by atoms with Crippen molar-refractivity contribution >= 4 is 11.9 Å². The van der Waals surface area contributed by atoms with E-state index >= 15 is 0 Å². The molecule has 12 heavy (non-hydrogen) atoms. The lowest BCUT2D eigenvalue weighted by Gasteiger charge is -2.24. The second-order valence-corrected chi connectivity index (χ2v) is 3.41. The predicted molar refractivity (Wildman–Crippen MR) is 44.5 cm³/mol. The molecule has 4 nitrogen and oxygen atoms in total. The molecule has 68 valence electrons. The molecule has 1 aliphatic rings. The standard InChI is InChI=1S/C8H14N2O2/c1-5(2)6(3)10-7(11)4-9-8(10)12/h5-6H,4H2,1-3H3,(H,9,12). The third-order valence-corrected chi connectivity index (χ3v) is 2.25. The summed E-state index contributed by atoms with van der Waals surface area (Å²) in [4.78, 5) is 23.6. The van der Waals surface area contributed by atoms with Crippen molar-refractivity contribution in [2.24, 2.45) is 5.92 Å². The fourth-order valence-corrected chi connectivity index (χ4v) is 1.15. The molecule has 0 saturated carbocycles. The molecule has 0 aromatic rings. The largest absolute Gasteiger partial charge is 0.329 e. The second-order valence-electron chi connectivity index (χ2n) is 3.41. The van der Waals surface area contributed by atoms with Gasteiger partial charge in [0.15, 0.2) is 0 Å². The van der Waals surface area contributed by atoms with Crippen LogP contribution in [0.1, 0.15) is 20.8 Å². The minimum atomic E-state index is -0.263. The molecule has 0 aliphatic carbocycles. The number of carbonyl (C=O) groups excluding carboxylic acids is 2. The molecular formula is C8H14N2O2. The van der Waals surface area contributed by atoms with E-state index in [1.807, 2.05) is 20.8 Å². The average Bonchev–Trinajstić information content (AvgIpc) is 2.30. The Morgan fingerprint density at radius 1 is 1.33 bits per heavy atom. The Morgan fingerprint density at radius 3 is 2.25 bits per heavy atom. The Kier molecular flexibility index (Phi) is 2.35. The number of amides is 3. The summed E-state index contributed by atoms with van der Waals surface area (Å²) in [6, 6.07) is -0.277. The van der Waals surface area contributed by atoms with Gasteiger partial charge in [-0.2, -0.15) is 0 Å². The van der Waals surface area contributed by atoms with Gasteiger partial charge in [0.1, 0.15) is 0 Å². The van der Waals surface area contributed by atoms with Crippen molar-refractivity contribution in [3.8, 4) is 0 Å². The van der Waals surface area contributed by atoms with E-state index in [1.165, 1.54) is 4.90 Å². The number of rotatable bonds is 2. The molecule has 1 fully saturated rings. The monoisotopic (exact) mass is 170 g/mol. The van der Waals surface area contributed by atoms with Gasteiger partial charge in [-0.3, -0.25) is 9.69 Å². The first-order valence-corrected chi connectivity index (χ1v) is 4.14. The maximum atomic E-state index is 11.2. The number of nitrogens with one attached hydrogen (secondary N) is 1. The third-order valence-electron chi connectivity index (χ3n) is 2.25. The minimum absolute atomic E-state index is 0.0139. The summed E-state index contributed by atoms with van der Waals surface area (Å²) in [5, 5.41) is 2.49. The molecule has 4 heteroatoms. The normalized spacial score (nSPS) is 20.2. The van der Waals surface area contributed by atoms with Gasteiger partial charge in [-0.1, -0.05) is 13.8 Å². The number of carbonyl (C=O) groups is 2. The van der Waals surface area contributed by atoms with Crippen LogP contribution in [0.25, 0.3) is 0 Å². The summed E-state index contributed by atoms with van der Waals surface area (Å²) in [5.74, 6) is 0.180. The number of hydrogen-bond donors (Lipinski definition) is 1. The molecule has 0 spiro atoms. The molecule has 0 aromatic heterocycles. The van der Waals surface area contributed by atoms with Gasteiger partial charge in [-0.25, -0.2) is 4.79 Å². The first kappa shape index (κ1) is 9.03. The Hall–Kier alpha value is -1.06. The van der Waals surface area contributed by atoms with Crippen LogP contribution in [0.3, 0.4) is 0 Å². The Morgan fingerprint density at radius 2 is 1.92 bits per heavy atom. The fourth-order valence-electron chi connectivity index (χ4n) is 1.15.